The third kappa shape index (κ3) is 3.98. The first-order chi connectivity index (χ1) is 14.8. The molecule has 31 heavy (non-hydrogen) atoms. The number of amides is 2. The number of aromatic nitrogens is 1. The molecule has 5 nitrogen and oxygen atoms in total. The molecule has 1 saturated heterocycles. The van der Waals surface area contributed by atoms with Crippen LogP contribution >= 0.6 is 28.1 Å². The number of nitrogens with zero attached hydrogens (tertiary/aromatic N) is 2. The van der Waals surface area contributed by atoms with Crippen molar-refractivity contribution in [1.29, 1.82) is 0 Å². The van der Waals surface area contributed by atoms with Crippen LogP contribution in [0.25, 0.3) is 11.8 Å². The van der Waals surface area contributed by atoms with Crippen LogP contribution in [0.2, 0.25) is 0 Å². The molecular weight excluding hydrogens is 474 g/mol. The van der Waals surface area contributed by atoms with Crippen LogP contribution in [0.3, 0.4) is 0 Å². The molecule has 7 heteroatoms. The van der Waals surface area contributed by atoms with E-state index in [1.54, 1.807) is 18.2 Å². The van der Waals surface area contributed by atoms with Crippen molar-refractivity contribution in [2.24, 2.45) is 0 Å². The van der Waals surface area contributed by atoms with E-state index in [4.69, 9.17) is 12.2 Å². The number of nitrogens with one attached hydrogen (secondary N) is 1. The van der Waals surface area contributed by atoms with Crippen molar-refractivity contribution >= 4 is 56.8 Å². The molecule has 2 heterocycles. The van der Waals surface area contributed by atoms with Gasteiger partial charge in [-0.05, 0) is 87.1 Å². The van der Waals surface area contributed by atoms with Crippen molar-refractivity contribution in [3.63, 3.8) is 0 Å². The predicted octanol–water partition coefficient (Wildman–Crippen LogP) is 5.00. The fourth-order valence-electron chi connectivity index (χ4n) is 3.66. The molecule has 0 saturated carbocycles. The zero-order valence-electron chi connectivity index (χ0n) is 17.3. The number of halogens is 1. The molecule has 1 aliphatic rings. The number of benzene rings is 2. The molecule has 0 spiro atoms. The molecule has 0 atom stereocenters. The Labute approximate surface area is 194 Å². The van der Waals surface area contributed by atoms with Gasteiger partial charge in [-0.3, -0.25) is 19.8 Å². The molecule has 1 N–H and O–H groups in total. The molecule has 1 aliphatic heterocycles. The third-order valence-electron chi connectivity index (χ3n) is 5.25. The first kappa shape index (κ1) is 21.2. The maximum atomic E-state index is 13.2. The van der Waals surface area contributed by atoms with Crippen LogP contribution in [-0.2, 0) is 9.59 Å². The SMILES string of the molecule is Cc1ccc(-n2c(C)cc(/C=C3/C(=O)NC(=S)N(c4ccc(Br)cc4)C3=O)c2C)cc1. The summed E-state index contributed by atoms with van der Waals surface area (Å²) in [5.74, 6) is -0.945. The molecule has 1 fully saturated rings. The lowest BCUT2D eigenvalue weighted by atomic mass is 10.1. The Hall–Kier alpha value is -3.03. The van der Waals surface area contributed by atoms with E-state index >= 15 is 0 Å². The van der Waals surface area contributed by atoms with Crippen LogP contribution < -0.4 is 10.2 Å². The van der Waals surface area contributed by atoms with Crippen molar-refractivity contribution in [3.8, 4) is 5.69 Å². The highest BCUT2D eigenvalue weighted by atomic mass is 79.9. The van der Waals surface area contributed by atoms with Crippen LogP contribution in [0.15, 0.2) is 64.6 Å². The Kier molecular flexibility index (Phi) is 5.64. The van der Waals surface area contributed by atoms with E-state index in [0.717, 1.165) is 27.1 Å². The second kappa shape index (κ2) is 8.24. The summed E-state index contributed by atoms with van der Waals surface area (Å²) in [6, 6.07) is 17.4. The first-order valence-corrected chi connectivity index (χ1v) is 10.9. The lowest BCUT2D eigenvalue weighted by Gasteiger charge is -2.29. The molecular formula is C24H20BrN3O2S. The van der Waals surface area contributed by atoms with Crippen LogP contribution in [0.1, 0.15) is 22.5 Å². The molecule has 2 aromatic carbocycles. The lowest BCUT2D eigenvalue weighted by Crippen LogP contribution is -2.54. The molecule has 2 amide bonds. The zero-order valence-corrected chi connectivity index (χ0v) is 19.7. The van der Waals surface area contributed by atoms with Gasteiger partial charge in [-0.2, -0.15) is 0 Å². The average molecular weight is 494 g/mol. The molecule has 4 rings (SSSR count). The van der Waals surface area contributed by atoms with E-state index in [9.17, 15) is 9.59 Å². The van der Waals surface area contributed by atoms with Gasteiger partial charge >= 0.3 is 0 Å². The van der Waals surface area contributed by atoms with Gasteiger partial charge in [0.15, 0.2) is 5.11 Å². The molecule has 0 bridgehead atoms. The molecule has 3 aromatic rings. The fourth-order valence-corrected chi connectivity index (χ4v) is 4.21. The van der Waals surface area contributed by atoms with E-state index in [1.807, 2.05) is 39.0 Å². The van der Waals surface area contributed by atoms with E-state index in [2.05, 4.69) is 50.1 Å². The van der Waals surface area contributed by atoms with Crippen molar-refractivity contribution in [2.45, 2.75) is 20.8 Å². The standard InChI is InChI=1S/C24H20BrN3O2S/c1-14-4-8-19(9-5-14)27-15(2)12-17(16(27)3)13-21-22(29)26-24(31)28(23(21)30)20-10-6-18(25)7-11-20/h4-13H,1-3H3,(H,26,29,31)/b21-13-. The minimum absolute atomic E-state index is 0.0423. The normalized spacial score (nSPS) is 15.5. The fraction of sp³-hybridized carbons (Fsp3) is 0.125. The topological polar surface area (TPSA) is 54.3 Å². The Morgan fingerprint density at radius 2 is 1.55 bits per heavy atom. The highest BCUT2D eigenvalue weighted by Gasteiger charge is 2.34. The highest BCUT2D eigenvalue weighted by Crippen LogP contribution is 2.27. The van der Waals surface area contributed by atoms with Crippen LogP contribution in [0, 0.1) is 20.8 Å². The van der Waals surface area contributed by atoms with Gasteiger partial charge in [-0.1, -0.05) is 33.6 Å². The summed E-state index contributed by atoms with van der Waals surface area (Å²) >= 11 is 8.65. The summed E-state index contributed by atoms with van der Waals surface area (Å²) in [6.45, 7) is 6.02. The molecule has 0 unspecified atom stereocenters. The number of anilines is 1. The average Bonchev–Trinajstić information content (AvgIpc) is 3.00. The van der Waals surface area contributed by atoms with E-state index in [-0.39, 0.29) is 10.7 Å². The minimum Gasteiger partial charge on any atom is -0.318 e. The lowest BCUT2D eigenvalue weighted by molar-refractivity contribution is -0.122. The summed E-state index contributed by atoms with van der Waals surface area (Å²) in [5, 5.41) is 2.70. The maximum Gasteiger partial charge on any atom is 0.270 e. The van der Waals surface area contributed by atoms with Gasteiger partial charge < -0.3 is 4.57 Å². The number of hydrogen-bond donors (Lipinski definition) is 1. The van der Waals surface area contributed by atoms with Gasteiger partial charge in [-0.15, -0.1) is 0 Å². The van der Waals surface area contributed by atoms with Gasteiger partial charge in [0.1, 0.15) is 5.57 Å². The van der Waals surface area contributed by atoms with E-state index < -0.39 is 11.8 Å². The van der Waals surface area contributed by atoms with Crippen molar-refractivity contribution in [3.05, 3.63) is 87.2 Å². The van der Waals surface area contributed by atoms with E-state index in [0.29, 0.717) is 5.69 Å². The smallest absolute Gasteiger partial charge is 0.270 e. The summed E-state index contributed by atoms with van der Waals surface area (Å²) in [6.07, 6.45) is 1.64. The van der Waals surface area contributed by atoms with Crippen LogP contribution in [0.4, 0.5) is 5.69 Å². The molecule has 0 radical (unpaired) electrons. The van der Waals surface area contributed by atoms with Crippen molar-refractivity contribution in [1.82, 2.24) is 9.88 Å². The summed E-state index contributed by atoms with van der Waals surface area (Å²) in [7, 11) is 0. The van der Waals surface area contributed by atoms with Gasteiger partial charge in [0.05, 0.1) is 5.69 Å². The number of carbonyl (C=O) groups excluding carboxylic acids is 2. The number of aryl methyl sites for hydroxylation is 2. The Balaban J connectivity index is 1.75. The number of rotatable bonds is 3. The van der Waals surface area contributed by atoms with Gasteiger partial charge in [0.25, 0.3) is 11.8 Å². The summed E-state index contributed by atoms with van der Waals surface area (Å²) in [5.41, 5.74) is 5.61. The first-order valence-electron chi connectivity index (χ1n) is 9.69. The predicted molar refractivity (Wildman–Crippen MR) is 130 cm³/mol. The van der Waals surface area contributed by atoms with Crippen LogP contribution in [0.5, 0.6) is 0 Å². The maximum absolute atomic E-state index is 13.2. The summed E-state index contributed by atoms with van der Waals surface area (Å²) < 4.78 is 2.99. The summed E-state index contributed by atoms with van der Waals surface area (Å²) in [4.78, 5) is 27.2. The third-order valence-corrected chi connectivity index (χ3v) is 6.06. The van der Waals surface area contributed by atoms with Gasteiger partial charge in [0, 0.05) is 21.5 Å². The van der Waals surface area contributed by atoms with E-state index in [1.165, 1.54) is 10.5 Å². The molecule has 156 valence electrons. The number of hydrogen-bond acceptors (Lipinski definition) is 3. The van der Waals surface area contributed by atoms with Crippen LogP contribution in [-0.4, -0.2) is 21.5 Å². The Morgan fingerprint density at radius 3 is 2.19 bits per heavy atom. The van der Waals surface area contributed by atoms with Crippen molar-refractivity contribution in [2.75, 3.05) is 4.90 Å². The van der Waals surface area contributed by atoms with Gasteiger partial charge in [0.2, 0.25) is 0 Å². The van der Waals surface area contributed by atoms with Gasteiger partial charge in [-0.25, -0.2) is 0 Å². The Morgan fingerprint density at radius 1 is 0.935 bits per heavy atom. The number of thiocarbonyl (C=S) groups is 1. The second-order valence-corrected chi connectivity index (χ2v) is 8.73. The number of carbonyl (C=O) groups is 2. The zero-order chi connectivity index (χ0) is 22.3. The highest BCUT2D eigenvalue weighted by molar-refractivity contribution is 9.10. The molecule has 1 aromatic heterocycles. The monoisotopic (exact) mass is 493 g/mol. The molecule has 0 aliphatic carbocycles. The van der Waals surface area contributed by atoms with Crippen molar-refractivity contribution < 1.29 is 9.59 Å². The largest absolute Gasteiger partial charge is 0.318 e. The quantitative estimate of drug-likeness (QED) is 0.317. The minimum atomic E-state index is -0.497. The second-order valence-electron chi connectivity index (χ2n) is 7.43. The Bertz CT molecular complexity index is 1240.